The van der Waals surface area contributed by atoms with Gasteiger partial charge in [-0.05, 0) is 116 Å². The number of carbonyl (C=O) groups excluding carboxylic acids is 3. The Hall–Kier alpha value is -4.45. The largest absolute Gasteiger partial charge is 0.462 e. The quantitative estimate of drug-likeness (QED) is 0.0261. The molecule has 0 rings (SSSR count). The zero-order chi connectivity index (χ0) is 59.2. The van der Waals surface area contributed by atoms with E-state index in [1.165, 1.54) is 135 Å². The van der Waals surface area contributed by atoms with Crippen LogP contribution in [0.25, 0.3) is 0 Å². The van der Waals surface area contributed by atoms with Gasteiger partial charge in [0.2, 0.25) is 0 Å². The maximum atomic E-state index is 12.9. The first-order chi connectivity index (χ1) is 40.5. The van der Waals surface area contributed by atoms with E-state index in [1.54, 1.807) is 0 Å². The topological polar surface area (TPSA) is 78.9 Å². The average Bonchev–Trinajstić information content (AvgIpc) is 3.47. The van der Waals surface area contributed by atoms with E-state index in [9.17, 15) is 14.4 Å². The maximum Gasteiger partial charge on any atom is 0.306 e. The fraction of sp³-hybridized carbons (Fsp3) is 0.671. The highest BCUT2D eigenvalue weighted by molar-refractivity contribution is 5.71. The predicted octanol–water partition coefficient (Wildman–Crippen LogP) is 23.7. The summed E-state index contributed by atoms with van der Waals surface area (Å²) in [4.78, 5) is 38.1. The van der Waals surface area contributed by atoms with Crippen LogP contribution in [0.4, 0.5) is 0 Å². The molecule has 6 nitrogen and oxygen atoms in total. The second-order valence-electron chi connectivity index (χ2n) is 22.3. The molecule has 0 aromatic carbocycles. The summed E-state index contributed by atoms with van der Waals surface area (Å²) >= 11 is 0. The number of unbranched alkanes of at least 4 members (excludes halogenated alkanes) is 28. The Balaban J connectivity index is 4.08. The van der Waals surface area contributed by atoms with Crippen LogP contribution in [-0.2, 0) is 28.6 Å². The second kappa shape index (κ2) is 69.0. The van der Waals surface area contributed by atoms with Gasteiger partial charge in [-0.2, -0.15) is 0 Å². The van der Waals surface area contributed by atoms with Crippen LogP contribution >= 0.6 is 0 Å². The van der Waals surface area contributed by atoms with E-state index in [2.05, 4.69) is 154 Å². The van der Waals surface area contributed by atoms with Gasteiger partial charge in [-0.25, -0.2) is 0 Å². The van der Waals surface area contributed by atoms with Crippen molar-refractivity contribution >= 4 is 17.9 Å². The molecule has 0 aliphatic rings. The molecule has 0 spiro atoms. The summed E-state index contributed by atoms with van der Waals surface area (Å²) in [6.07, 6.45) is 97.9. The lowest BCUT2D eigenvalue weighted by Crippen LogP contribution is -2.30. The fourth-order valence-corrected chi connectivity index (χ4v) is 9.36. The normalized spacial score (nSPS) is 13.0. The average molecular weight is 1140 g/mol. The van der Waals surface area contributed by atoms with Crippen LogP contribution < -0.4 is 0 Å². The van der Waals surface area contributed by atoms with Crippen molar-refractivity contribution in [3.63, 3.8) is 0 Å². The number of ether oxygens (including phenoxy) is 3. The highest BCUT2D eigenvalue weighted by Gasteiger charge is 2.19. The van der Waals surface area contributed by atoms with Gasteiger partial charge < -0.3 is 14.2 Å². The van der Waals surface area contributed by atoms with Crippen molar-refractivity contribution in [2.45, 2.75) is 316 Å². The van der Waals surface area contributed by atoms with Gasteiger partial charge in [0, 0.05) is 19.3 Å². The Kier molecular flexibility index (Phi) is 65.3. The summed E-state index contributed by atoms with van der Waals surface area (Å²) in [5.74, 6) is -0.894. The Morgan fingerprint density at radius 1 is 0.256 bits per heavy atom. The van der Waals surface area contributed by atoms with Crippen LogP contribution in [0, 0.1) is 0 Å². The first kappa shape index (κ1) is 77.5. The minimum atomic E-state index is -0.783. The summed E-state index contributed by atoms with van der Waals surface area (Å²) in [6.45, 7) is 6.36. The minimum Gasteiger partial charge on any atom is -0.462 e. The third-order valence-electron chi connectivity index (χ3n) is 14.4. The molecule has 0 saturated heterocycles. The number of hydrogen-bond acceptors (Lipinski definition) is 6. The molecule has 0 fully saturated rings. The van der Waals surface area contributed by atoms with E-state index in [4.69, 9.17) is 14.2 Å². The van der Waals surface area contributed by atoms with Gasteiger partial charge in [0.15, 0.2) is 6.10 Å². The third kappa shape index (κ3) is 66.4. The van der Waals surface area contributed by atoms with Crippen LogP contribution in [0.15, 0.2) is 134 Å². The van der Waals surface area contributed by atoms with E-state index in [0.29, 0.717) is 19.3 Å². The number of esters is 3. The SMILES string of the molecule is CC/C=C\C/C=C\C/C=C\C/C=C\C/C=C\C/C=C\CCCCCCCCCCC(=O)OC(COC(=O)CCCCCCCC)COC(=O)CCCCCCCCCCCCCCCCC/C=C\C/C=C\C/C=C\C/C=C\C/C=C\CC. The lowest BCUT2D eigenvalue weighted by molar-refractivity contribution is -0.167. The Morgan fingerprint density at radius 3 is 0.744 bits per heavy atom. The van der Waals surface area contributed by atoms with E-state index >= 15 is 0 Å². The molecule has 0 saturated carbocycles. The van der Waals surface area contributed by atoms with E-state index in [1.807, 2.05) is 0 Å². The Labute approximate surface area is 506 Å². The van der Waals surface area contributed by atoms with Gasteiger partial charge in [0.1, 0.15) is 13.2 Å². The molecule has 0 radical (unpaired) electrons. The number of hydrogen-bond donors (Lipinski definition) is 0. The second-order valence-corrected chi connectivity index (χ2v) is 22.3. The van der Waals surface area contributed by atoms with Crippen molar-refractivity contribution in [1.82, 2.24) is 0 Å². The van der Waals surface area contributed by atoms with E-state index < -0.39 is 6.10 Å². The summed E-state index contributed by atoms with van der Waals surface area (Å²) in [7, 11) is 0. The monoisotopic (exact) mass is 1130 g/mol. The van der Waals surface area contributed by atoms with Crippen LogP contribution in [0.1, 0.15) is 310 Å². The number of rotatable bonds is 61. The highest BCUT2D eigenvalue weighted by Crippen LogP contribution is 2.16. The molecule has 0 amide bonds. The summed E-state index contributed by atoms with van der Waals surface area (Å²) in [5, 5.41) is 0. The van der Waals surface area contributed by atoms with Crippen molar-refractivity contribution in [1.29, 1.82) is 0 Å². The van der Waals surface area contributed by atoms with Crippen molar-refractivity contribution in [2.24, 2.45) is 0 Å². The van der Waals surface area contributed by atoms with Crippen LogP contribution in [0.2, 0.25) is 0 Å². The molecule has 1 atom stereocenters. The Bertz CT molecular complexity index is 1730. The zero-order valence-corrected chi connectivity index (χ0v) is 53.5. The highest BCUT2D eigenvalue weighted by atomic mass is 16.6. The molecule has 0 heterocycles. The molecule has 0 aromatic rings. The molecule has 82 heavy (non-hydrogen) atoms. The molecule has 0 aliphatic heterocycles. The van der Waals surface area contributed by atoms with Gasteiger partial charge in [-0.3, -0.25) is 14.4 Å². The summed E-state index contributed by atoms with van der Waals surface area (Å²) in [6, 6.07) is 0. The van der Waals surface area contributed by atoms with Crippen molar-refractivity contribution in [3.05, 3.63) is 134 Å². The predicted molar refractivity (Wildman–Crippen MR) is 357 cm³/mol. The van der Waals surface area contributed by atoms with E-state index in [-0.39, 0.29) is 31.1 Å². The maximum absolute atomic E-state index is 12.9. The van der Waals surface area contributed by atoms with Gasteiger partial charge >= 0.3 is 17.9 Å². The van der Waals surface area contributed by atoms with Crippen molar-refractivity contribution in [3.8, 4) is 0 Å². The van der Waals surface area contributed by atoms with Gasteiger partial charge in [0.05, 0.1) is 0 Å². The van der Waals surface area contributed by atoms with Crippen molar-refractivity contribution in [2.75, 3.05) is 13.2 Å². The molecular formula is C76H126O6. The molecular weight excluding hydrogens is 1010 g/mol. The lowest BCUT2D eigenvalue weighted by atomic mass is 10.0. The Morgan fingerprint density at radius 2 is 0.476 bits per heavy atom. The molecule has 0 bridgehead atoms. The van der Waals surface area contributed by atoms with E-state index in [0.717, 1.165) is 135 Å². The molecule has 6 heteroatoms. The minimum absolute atomic E-state index is 0.0820. The lowest BCUT2D eigenvalue weighted by Gasteiger charge is -2.18. The zero-order valence-electron chi connectivity index (χ0n) is 53.5. The molecule has 466 valence electrons. The number of allylic oxidation sites excluding steroid dienone is 22. The third-order valence-corrected chi connectivity index (χ3v) is 14.4. The van der Waals surface area contributed by atoms with Crippen LogP contribution in [-0.4, -0.2) is 37.2 Å². The molecule has 0 N–H and O–H groups in total. The van der Waals surface area contributed by atoms with Gasteiger partial charge in [-0.15, -0.1) is 0 Å². The molecule has 0 aromatic heterocycles. The fourth-order valence-electron chi connectivity index (χ4n) is 9.36. The molecule has 1 unspecified atom stereocenters. The van der Waals surface area contributed by atoms with Gasteiger partial charge in [0.25, 0.3) is 0 Å². The summed E-state index contributed by atoms with van der Waals surface area (Å²) < 4.78 is 16.8. The smallest absolute Gasteiger partial charge is 0.306 e. The molecule has 0 aliphatic carbocycles. The first-order valence-electron chi connectivity index (χ1n) is 34.2. The summed E-state index contributed by atoms with van der Waals surface area (Å²) in [5.41, 5.74) is 0. The standard InChI is InChI=1S/C76H126O6/c1-4-7-10-13-16-18-20-22-24-26-28-30-32-34-36-37-38-39-41-42-44-46-48-50-52-54-56-58-60-63-66-69-75(78)81-72-73(71-80-74(77)68-65-62-15-12-9-6-3)82-76(79)70-67-64-61-59-57-55-53-51-49-47-45-43-40-35-33-31-29-27-25-23-21-19-17-14-11-8-5-2/h7-8,10-11,16-19,22-25,28-31,34-36,40,45,47,73H,4-6,9,12-15,20-21,26-27,32-33,37-39,41-44,46,48-72H2,1-3H3/b10-7-,11-8-,18-16-,19-17-,24-22-,25-23-,30-28-,31-29-,36-34-,40-35-,47-45-. The number of carbonyl (C=O) groups is 3. The van der Waals surface area contributed by atoms with Gasteiger partial charge in [-0.1, -0.05) is 309 Å². The van der Waals surface area contributed by atoms with Crippen LogP contribution in [0.3, 0.4) is 0 Å². The van der Waals surface area contributed by atoms with Crippen molar-refractivity contribution < 1.29 is 28.6 Å². The first-order valence-corrected chi connectivity index (χ1v) is 34.2. The van der Waals surface area contributed by atoms with Crippen LogP contribution in [0.5, 0.6) is 0 Å².